The fraction of sp³-hybridized carbons (Fsp3) is 0.312. The van der Waals surface area contributed by atoms with Crippen molar-refractivity contribution in [3.63, 3.8) is 0 Å². The first kappa shape index (κ1) is 13.6. The van der Waals surface area contributed by atoms with E-state index in [0.29, 0.717) is 5.69 Å². The summed E-state index contributed by atoms with van der Waals surface area (Å²) >= 11 is 0. The van der Waals surface area contributed by atoms with Crippen LogP contribution in [0.3, 0.4) is 0 Å². The maximum absolute atomic E-state index is 9.49. The molecule has 0 spiro atoms. The van der Waals surface area contributed by atoms with E-state index >= 15 is 0 Å². The molecule has 2 rings (SSSR count). The van der Waals surface area contributed by atoms with Crippen LogP contribution in [0.1, 0.15) is 31.2 Å². The molecule has 2 aromatic rings. The maximum Gasteiger partial charge on any atom is 0.0931 e. The Labute approximate surface area is 114 Å². The lowest BCUT2D eigenvalue weighted by atomic mass is 10.2. The maximum atomic E-state index is 9.49. The number of hydrogen-bond acceptors (Lipinski definition) is 3. The van der Waals surface area contributed by atoms with Crippen LogP contribution in [0.5, 0.6) is 0 Å². The van der Waals surface area contributed by atoms with Crippen LogP contribution in [0.2, 0.25) is 0 Å². The predicted octanol–water partition coefficient (Wildman–Crippen LogP) is 3.60. The molecular formula is C16H20N2O. The van der Waals surface area contributed by atoms with Gasteiger partial charge < -0.3 is 10.0 Å². The van der Waals surface area contributed by atoms with Crippen molar-refractivity contribution in [2.45, 2.75) is 26.9 Å². The summed E-state index contributed by atoms with van der Waals surface area (Å²) < 4.78 is 0. The molecule has 0 saturated heterocycles. The van der Waals surface area contributed by atoms with Crippen LogP contribution in [0.4, 0.5) is 11.4 Å². The van der Waals surface area contributed by atoms with Gasteiger partial charge in [0.15, 0.2) is 0 Å². The van der Waals surface area contributed by atoms with Crippen LogP contribution < -0.4 is 4.90 Å². The van der Waals surface area contributed by atoms with Gasteiger partial charge in [0, 0.05) is 12.2 Å². The van der Waals surface area contributed by atoms with Crippen LogP contribution >= 0.6 is 0 Å². The van der Waals surface area contributed by atoms with E-state index in [-0.39, 0.29) is 0 Å². The van der Waals surface area contributed by atoms with E-state index in [0.717, 1.165) is 17.9 Å². The van der Waals surface area contributed by atoms with Crippen LogP contribution in [0.15, 0.2) is 42.6 Å². The molecule has 0 aliphatic carbocycles. The Balaban J connectivity index is 2.31. The number of pyridine rings is 1. The molecule has 1 N–H and O–H groups in total. The van der Waals surface area contributed by atoms with Crippen molar-refractivity contribution in [1.82, 2.24) is 4.98 Å². The van der Waals surface area contributed by atoms with E-state index in [4.69, 9.17) is 0 Å². The van der Waals surface area contributed by atoms with E-state index < -0.39 is 6.10 Å². The summed E-state index contributed by atoms with van der Waals surface area (Å²) in [4.78, 5) is 6.50. The highest BCUT2D eigenvalue weighted by Crippen LogP contribution is 2.25. The Hall–Kier alpha value is -1.87. The summed E-state index contributed by atoms with van der Waals surface area (Å²) in [5, 5.41) is 9.49. The second-order valence-corrected chi connectivity index (χ2v) is 4.70. The van der Waals surface area contributed by atoms with E-state index in [9.17, 15) is 5.11 Å². The van der Waals surface area contributed by atoms with Crippen LogP contribution in [-0.2, 0) is 0 Å². The number of anilines is 2. The highest BCUT2D eigenvalue weighted by Gasteiger charge is 2.09. The lowest BCUT2D eigenvalue weighted by Gasteiger charge is -2.23. The van der Waals surface area contributed by atoms with Gasteiger partial charge in [-0.25, -0.2) is 0 Å². The third-order valence-electron chi connectivity index (χ3n) is 3.14. The Morgan fingerprint density at radius 3 is 2.53 bits per heavy atom. The molecule has 1 aromatic carbocycles. The molecule has 1 atom stereocenters. The molecule has 19 heavy (non-hydrogen) atoms. The zero-order valence-electron chi connectivity index (χ0n) is 11.7. The minimum Gasteiger partial charge on any atom is -0.387 e. The summed E-state index contributed by atoms with van der Waals surface area (Å²) in [7, 11) is 0. The molecule has 0 bridgehead atoms. The molecule has 3 heteroatoms. The van der Waals surface area contributed by atoms with Gasteiger partial charge in [0.2, 0.25) is 0 Å². The van der Waals surface area contributed by atoms with Crippen LogP contribution in [-0.4, -0.2) is 16.6 Å². The molecule has 0 aliphatic rings. The van der Waals surface area contributed by atoms with Crippen molar-refractivity contribution in [2.24, 2.45) is 0 Å². The first-order valence-corrected chi connectivity index (χ1v) is 6.60. The van der Waals surface area contributed by atoms with Gasteiger partial charge in [-0.1, -0.05) is 12.1 Å². The number of aromatic nitrogens is 1. The predicted molar refractivity (Wildman–Crippen MR) is 78.7 cm³/mol. The first-order valence-electron chi connectivity index (χ1n) is 6.60. The molecule has 0 amide bonds. The van der Waals surface area contributed by atoms with Crippen molar-refractivity contribution in [3.8, 4) is 0 Å². The minimum absolute atomic E-state index is 0.525. The molecule has 3 nitrogen and oxygen atoms in total. The van der Waals surface area contributed by atoms with Gasteiger partial charge in [-0.2, -0.15) is 0 Å². The summed E-state index contributed by atoms with van der Waals surface area (Å²) in [6, 6.07) is 12.3. The Kier molecular flexibility index (Phi) is 4.17. The number of benzene rings is 1. The Bertz CT molecular complexity index is 535. The molecular weight excluding hydrogens is 236 g/mol. The van der Waals surface area contributed by atoms with Crippen molar-refractivity contribution in [2.75, 3.05) is 11.4 Å². The van der Waals surface area contributed by atoms with Gasteiger partial charge in [-0.15, -0.1) is 0 Å². The van der Waals surface area contributed by atoms with E-state index in [1.54, 1.807) is 6.92 Å². The van der Waals surface area contributed by atoms with E-state index in [1.165, 1.54) is 5.56 Å². The summed E-state index contributed by atoms with van der Waals surface area (Å²) in [6.45, 7) is 6.80. The topological polar surface area (TPSA) is 36.4 Å². The van der Waals surface area contributed by atoms with Gasteiger partial charge in [-0.3, -0.25) is 4.98 Å². The number of rotatable bonds is 4. The summed E-state index contributed by atoms with van der Waals surface area (Å²) in [5.74, 6) is 0. The van der Waals surface area contributed by atoms with Gasteiger partial charge in [0.1, 0.15) is 0 Å². The number of aliphatic hydroxyl groups is 1. The van der Waals surface area contributed by atoms with Crippen molar-refractivity contribution < 1.29 is 5.11 Å². The molecule has 100 valence electrons. The number of aliphatic hydroxyl groups excluding tert-OH is 1. The number of hydrogen-bond donors (Lipinski definition) is 1. The third-order valence-corrected chi connectivity index (χ3v) is 3.14. The van der Waals surface area contributed by atoms with Crippen LogP contribution in [0.25, 0.3) is 0 Å². The normalized spacial score (nSPS) is 12.2. The summed E-state index contributed by atoms with van der Waals surface area (Å²) in [5.41, 5.74) is 4.14. The fourth-order valence-electron chi connectivity index (χ4n) is 2.11. The average molecular weight is 256 g/mol. The van der Waals surface area contributed by atoms with Crippen molar-refractivity contribution >= 4 is 11.4 Å². The van der Waals surface area contributed by atoms with Crippen molar-refractivity contribution in [1.29, 1.82) is 0 Å². The van der Waals surface area contributed by atoms with Crippen LogP contribution in [0, 0.1) is 6.92 Å². The smallest absolute Gasteiger partial charge is 0.0931 e. The monoisotopic (exact) mass is 256 g/mol. The molecule has 1 aromatic heterocycles. The standard InChI is InChI=1S/C16H20N2O/c1-4-18(14-7-5-6-12(2)10-14)15-8-9-16(13(3)19)17-11-15/h5-11,13,19H,4H2,1-3H3/t13-/m1/s1. The number of aryl methyl sites for hydroxylation is 1. The molecule has 0 aliphatic heterocycles. The molecule has 1 heterocycles. The SMILES string of the molecule is CCN(c1ccc([C@@H](C)O)nc1)c1cccc(C)c1. The van der Waals surface area contributed by atoms with Gasteiger partial charge in [0.05, 0.1) is 23.7 Å². The van der Waals surface area contributed by atoms with Gasteiger partial charge in [0.25, 0.3) is 0 Å². The largest absolute Gasteiger partial charge is 0.387 e. The summed E-state index contributed by atoms with van der Waals surface area (Å²) in [6.07, 6.45) is 1.29. The zero-order chi connectivity index (χ0) is 13.8. The fourth-order valence-corrected chi connectivity index (χ4v) is 2.11. The minimum atomic E-state index is -0.525. The first-order chi connectivity index (χ1) is 9.11. The third kappa shape index (κ3) is 3.12. The quantitative estimate of drug-likeness (QED) is 0.908. The second kappa shape index (κ2) is 5.85. The second-order valence-electron chi connectivity index (χ2n) is 4.70. The Morgan fingerprint density at radius 1 is 1.21 bits per heavy atom. The molecule has 0 unspecified atom stereocenters. The van der Waals surface area contributed by atoms with Crippen molar-refractivity contribution in [3.05, 3.63) is 53.9 Å². The van der Waals surface area contributed by atoms with E-state index in [2.05, 4.69) is 48.0 Å². The highest BCUT2D eigenvalue weighted by atomic mass is 16.3. The lowest BCUT2D eigenvalue weighted by Crippen LogP contribution is -2.16. The van der Waals surface area contributed by atoms with E-state index in [1.807, 2.05) is 18.3 Å². The Morgan fingerprint density at radius 2 is 2.00 bits per heavy atom. The van der Waals surface area contributed by atoms with Gasteiger partial charge in [-0.05, 0) is 50.6 Å². The van der Waals surface area contributed by atoms with Gasteiger partial charge >= 0.3 is 0 Å². The molecule has 0 saturated carbocycles. The molecule has 0 fully saturated rings. The average Bonchev–Trinajstić information content (AvgIpc) is 2.40. The zero-order valence-corrected chi connectivity index (χ0v) is 11.7. The highest BCUT2D eigenvalue weighted by molar-refractivity contribution is 5.63. The lowest BCUT2D eigenvalue weighted by molar-refractivity contribution is 0.194. The molecule has 0 radical (unpaired) electrons. The number of nitrogens with zero attached hydrogens (tertiary/aromatic N) is 2.